The van der Waals surface area contributed by atoms with Crippen LogP contribution in [0, 0.1) is 0 Å². The van der Waals surface area contributed by atoms with E-state index in [4.69, 9.17) is 14.6 Å². The summed E-state index contributed by atoms with van der Waals surface area (Å²) >= 11 is 3.52. The van der Waals surface area contributed by atoms with Gasteiger partial charge in [-0.3, -0.25) is 9.59 Å². The van der Waals surface area contributed by atoms with Crippen molar-refractivity contribution in [1.29, 1.82) is 0 Å². The Kier molecular flexibility index (Phi) is 8.27. The fourth-order valence-corrected chi connectivity index (χ4v) is 4.79. The molecule has 2 aromatic rings. The first-order valence-electron chi connectivity index (χ1n) is 12.0. The average Bonchev–Trinajstić information content (AvgIpc) is 3.17. The van der Waals surface area contributed by atoms with Crippen molar-refractivity contribution in [2.75, 3.05) is 18.7 Å². The third-order valence-electron chi connectivity index (χ3n) is 6.33. The number of hydrogen-bond acceptors (Lipinski definition) is 6. The minimum Gasteiger partial charge on any atom is -0.493 e. The Labute approximate surface area is 223 Å². The highest BCUT2D eigenvalue weighted by molar-refractivity contribution is 9.10. The number of hydrogen-bond donors (Lipinski definition) is 2. The van der Waals surface area contributed by atoms with Gasteiger partial charge in [0.05, 0.1) is 29.6 Å². The van der Waals surface area contributed by atoms with Crippen LogP contribution in [0.4, 0.5) is 5.69 Å². The molecule has 0 atom stereocenters. The van der Waals surface area contributed by atoms with E-state index in [-0.39, 0.29) is 30.0 Å². The first kappa shape index (κ1) is 26.4. The van der Waals surface area contributed by atoms with Crippen molar-refractivity contribution in [3.63, 3.8) is 0 Å². The maximum Gasteiger partial charge on any atom is 0.335 e. The highest BCUT2D eigenvalue weighted by atomic mass is 79.9. The molecule has 1 saturated carbocycles. The molecule has 2 N–H and O–H groups in total. The lowest BCUT2D eigenvalue weighted by atomic mass is 9.95. The molecular weight excluding hydrogens is 542 g/mol. The zero-order valence-electron chi connectivity index (χ0n) is 20.6. The number of carbonyl (C=O) groups is 3. The van der Waals surface area contributed by atoms with Gasteiger partial charge in [-0.1, -0.05) is 35.2 Å². The second kappa shape index (κ2) is 11.6. The number of rotatable bonds is 8. The summed E-state index contributed by atoms with van der Waals surface area (Å²) in [5, 5.41) is 17.7. The van der Waals surface area contributed by atoms with Crippen LogP contribution >= 0.6 is 15.9 Å². The Morgan fingerprint density at radius 3 is 2.51 bits per heavy atom. The average molecular weight is 570 g/mol. The third-order valence-corrected chi connectivity index (χ3v) is 7.02. The molecule has 1 aliphatic heterocycles. The smallest absolute Gasteiger partial charge is 0.335 e. The van der Waals surface area contributed by atoms with E-state index in [2.05, 4.69) is 26.3 Å². The number of anilines is 1. The van der Waals surface area contributed by atoms with Crippen LogP contribution in [0.2, 0.25) is 0 Å². The van der Waals surface area contributed by atoms with Crippen molar-refractivity contribution in [2.24, 2.45) is 5.10 Å². The van der Waals surface area contributed by atoms with Crippen LogP contribution in [0.5, 0.6) is 11.5 Å². The second-order valence-electron chi connectivity index (χ2n) is 8.93. The van der Waals surface area contributed by atoms with E-state index in [1.807, 2.05) is 0 Å². The van der Waals surface area contributed by atoms with Crippen LogP contribution in [-0.2, 0) is 9.59 Å². The number of carboxylic acids is 1. The molecule has 1 aliphatic carbocycles. The Morgan fingerprint density at radius 2 is 1.86 bits per heavy atom. The molecule has 1 heterocycles. The first-order valence-corrected chi connectivity index (χ1v) is 12.8. The van der Waals surface area contributed by atoms with E-state index >= 15 is 0 Å². The molecule has 0 aromatic heterocycles. The van der Waals surface area contributed by atoms with Crippen molar-refractivity contribution in [3.8, 4) is 11.5 Å². The lowest BCUT2D eigenvalue weighted by Gasteiger charge is -2.22. The molecule has 4 rings (SSSR count). The fourth-order valence-electron chi connectivity index (χ4n) is 4.35. The summed E-state index contributed by atoms with van der Waals surface area (Å²) in [5.74, 6) is -0.738. The number of nitrogens with one attached hydrogen (secondary N) is 1. The lowest BCUT2D eigenvalue weighted by molar-refractivity contribution is -0.124. The predicted octanol–water partition coefficient (Wildman–Crippen LogP) is 4.79. The number of methoxy groups -OCH3 is 1. The number of carboxylic acid groups (broad SMARTS) is 1. The van der Waals surface area contributed by atoms with Crippen molar-refractivity contribution in [1.82, 2.24) is 5.32 Å². The molecule has 2 aromatic carbocycles. The molecule has 0 bridgehead atoms. The Morgan fingerprint density at radius 1 is 1.16 bits per heavy atom. The number of aromatic carboxylic acids is 1. The minimum absolute atomic E-state index is 0.122. The van der Waals surface area contributed by atoms with Gasteiger partial charge in [0.15, 0.2) is 18.1 Å². The van der Waals surface area contributed by atoms with Gasteiger partial charge in [-0.15, -0.1) is 0 Å². The van der Waals surface area contributed by atoms with Crippen molar-refractivity contribution in [3.05, 3.63) is 57.6 Å². The van der Waals surface area contributed by atoms with Crippen LogP contribution in [-0.4, -0.2) is 48.4 Å². The third kappa shape index (κ3) is 6.19. The summed E-state index contributed by atoms with van der Waals surface area (Å²) in [5.41, 5.74) is 2.14. The number of benzene rings is 2. The normalized spacial score (nSPS) is 17.1. The summed E-state index contributed by atoms with van der Waals surface area (Å²) in [4.78, 5) is 36.6. The zero-order chi connectivity index (χ0) is 26.5. The molecule has 9 nitrogen and oxygen atoms in total. The minimum atomic E-state index is -1.05. The van der Waals surface area contributed by atoms with Gasteiger partial charge in [0.25, 0.3) is 11.8 Å². The Bertz CT molecular complexity index is 1270. The molecule has 0 spiro atoms. The number of hydrazone groups is 1. The van der Waals surface area contributed by atoms with E-state index in [1.165, 1.54) is 42.8 Å². The van der Waals surface area contributed by atoms with Gasteiger partial charge < -0.3 is 19.9 Å². The van der Waals surface area contributed by atoms with E-state index < -0.39 is 5.97 Å². The summed E-state index contributed by atoms with van der Waals surface area (Å²) in [6.07, 6.45) is 7.16. The maximum absolute atomic E-state index is 13.1. The summed E-state index contributed by atoms with van der Waals surface area (Å²) < 4.78 is 11.9. The Hall–Kier alpha value is -3.66. The van der Waals surface area contributed by atoms with Gasteiger partial charge in [0.1, 0.15) is 0 Å². The number of carbonyl (C=O) groups excluding carboxylic acids is 2. The topological polar surface area (TPSA) is 118 Å². The second-order valence-corrected chi connectivity index (χ2v) is 9.78. The van der Waals surface area contributed by atoms with Gasteiger partial charge in [-0.05, 0) is 67.8 Å². The van der Waals surface area contributed by atoms with Crippen molar-refractivity contribution < 1.29 is 29.0 Å². The maximum atomic E-state index is 13.1. The highest BCUT2D eigenvalue weighted by Crippen LogP contribution is 2.36. The van der Waals surface area contributed by atoms with Gasteiger partial charge in [0.2, 0.25) is 0 Å². The van der Waals surface area contributed by atoms with Crippen molar-refractivity contribution >= 4 is 51.2 Å². The van der Waals surface area contributed by atoms with E-state index in [0.29, 0.717) is 38.5 Å². The van der Waals surface area contributed by atoms with Crippen LogP contribution < -0.4 is 19.8 Å². The molecule has 2 aliphatic rings. The largest absolute Gasteiger partial charge is 0.493 e. The fraction of sp³-hybridized carbons (Fsp3) is 0.333. The van der Waals surface area contributed by atoms with Crippen LogP contribution in [0.1, 0.15) is 54.9 Å². The van der Waals surface area contributed by atoms with Gasteiger partial charge in [-0.25, -0.2) is 4.79 Å². The summed E-state index contributed by atoms with van der Waals surface area (Å²) in [7, 11) is 1.51. The van der Waals surface area contributed by atoms with E-state index in [0.717, 1.165) is 25.7 Å². The molecule has 0 radical (unpaired) electrons. The highest BCUT2D eigenvalue weighted by Gasteiger charge is 2.29. The van der Waals surface area contributed by atoms with Gasteiger partial charge >= 0.3 is 5.97 Å². The zero-order valence-corrected chi connectivity index (χ0v) is 22.2. The first-order chi connectivity index (χ1) is 17.8. The van der Waals surface area contributed by atoms with Crippen LogP contribution in [0.25, 0.3) is 6.08 Å². The number of amides is 2. The number of ether oxygens (including phenoxy) is 2. The monoisotopic (exact) mass is 569 g/mol. The molecule has 10 heteroatoms. The summed E-state index contributed by atoms with van der Waals surface area (Å²) in [6, 6.07) is 9.55. The van der Waals surface area contributed by atoms with E-state index in [1.54, 1.807) is 25.1 Å². The molecule has 194 valence electrons. The van der Waals surface area contributed by atoms with Crippen LogP contribution in [0.3, 0.4) is 0 Å². The summed E-state index contributed by atoms with van der Waals surface area (Å²) in [6.45, 7) is 1.60. The number of nitrogens with zero attached hydrogens (tertiary/aromatic N) is 2. The molecule has 0 unspecified atom stereocenters. The molecule has 2 amide bonds. The Balaban J connectivity index is 1.48. The van der Waals surface area contributed by atoms with Gasteiger partial charge in [-0.2, -0.15) is 10.1 Å². The quantitative estimate of drug-likeness (QED) is 0.441. The SMILES string of the molecule is COc1cc(/C=C2/C(=O)N(c3ccc(C(=O)O)cc3)N=C2C)c(Br)cc1OCC(=O)NC1CCCCC1. The molecule has 1 fully saturated rings. The lowest BCUT2D eigenvalue weighted by Crippen LogP contribution is -2.39. The molecule has 37 heavy (non-hydrogen) atoms. The molecular formula is C27H28BrN3O6. The van der Waals surface area contributed by atoms with Crippen LogP contribution in [0.15, 0.2) is 51.5 Å². The van der Waals surface area contributed by atoms with E-state index in [9.17, 15) is 14.4 Å². The molecule has 0 saturated heterocycles. The number of halogens is 1. The standard InChI is InChI=1S/C27H28BrN3O6/c1-16-21(26(33)31(30-16)20-10-8-17(9-11-20)27(34)35)12-18-13-23(36-2)24(14-22(18)28)37-15-25(32)29-19-6-4-3-5-7-19/h8-14,19H,3-7,15H2,1-2H3,(H,29,32)(H,34,35)/b21-12+. The van der Waals surface area contributed by atoms with Crippen molar-refractivity contribution in [2.45, 2.75) is 45.1 Å². The predicted molar refractivity (Wildman–Crippen MR) is 143 cm³/mol. The van der Waals surface area contributed by atoms with Gasteiger partial charge in [0, 0.05) is 10.5 Å².